The molecule has 0 aliphatic rings. The van der Waals surface area contributed by atoms with Crippen molar-refractivity contribution in [3.8, 4) is 10.6 Å². The Morgan fingerprint density at radius 3 is 2.94 bits per heavy atom. The standard InChI is InChI=1S/C11H9ClN2O2S/c1-16-11(15)6-10-13-5-4-7(14-10)8-2-3-9(12)17-8/h2-5H,6H2,1H3. The maximum absolute atomic E-state index is 11.1. The largest absolute Gasteiger partial charge is 0.469 e. The maximum atomic E-state index is 11.1. The molecule has 0 radical (unpaired) electrons. The highest BCUT2D eigenvalue weighted by molar-refractivity contribution is 7.19. The van der Waals surface area contributed by atoms with Crippen LogP contribution in [0.15, 0.2) is 24.4 Å². The van der Waals surface area contributed by atoms with Crippen molar-refractivity contribution in [2.75, 3.05) is 7.11 Å². The number of esters is 1. The van der Waals surface area contributed by atoms with Gasteiger partial charge in [0.15, 0.2) is 0 Å². The summed E-state index contributed by atoms with van der Waals surface area (Å²) < 4.78 is 5.27. The predicted molar refractivity (Wildman–Crippen MR) is 66.1 cm³/mol. The van der Waals surface area contributed by atoms with E-state index in [-0.39, 0.29) is 12.4 Å². The van der Waals surface area contributed by atoms with Crippen LogP contribution in [0.3, 0.4) is 0 Å². The minimum Gasteiger partial charge on any atom is -0.469 e. The molecule has 88 valence electrons. The second kappa shape index (κ2) is 5.25. The number of hydrogen-bond donors (Lipinski definition) is 0. The summed E-state index contributed by atoms with van der Waals surface area (Å²) in [6, 6.07) is 5.48. The zero-order chi connectivity index (χ0) is 12.3. The molecule has 4 nitrogen and oxygen atoms in total. The molecule has 0 aliphatic heterocycles. The van der Waals surface area contributed by atoms with Gasteiger partial charge in [0.1, 0.15) is 12.2 Å². The van der Waals surface area contributed by atoms with Gasteiger partial charge < -0.3 is 4.74 Å². The van der Waals surface area contributed by atoms with Crippen LogP contribution in [0.1, 0.15) is 5.82 Å². The van der Waals surface area contributed by atoms with Crippen LogP contribution in [0, 0.1) is 0 Å². The molecule has 17 heavy (non-hydrogen) atoms. The van der Waals surface area contributed by atoms with Gasteiger partial charge in [0.05, 0.1) is 22.0 Å². The Labute approximate surface area is 107 Å². The molecule has 0 N–H and O–H groups in total. The molecule has 0 aromatic carbocycles. The van der Waals surface area contributed by atoms with E-state index in [1.54, 1.807) is 12.3 Å². The number of aromatic nitrogens is 2. The summed E-state index contributed by atoms with van der Waals surface area (Å²) >= 11 is 7.29. The molecule has 2 heterocycles. The summed E-state index contributed by atoms with van der Waals surface area (Å²) in [4.78, 5) is 20.4. The molecule has 0 aliphatic carbocycles. The van der Waals surface area contributed by atoms with Crippen LogP contribution in [0.2, 0.25) is 4.34 Å². The number of hydrogen-bond acceptors (Lipinski definition) is 5. The molecule has 0 unspecified atom stereocenters. The fraction of sp³-hybridized carbons (Fsp3) is 0.182. The molecule has 0 bridgehead atoms. The molecule has 0 amide bonds. The minimum absolute atomic E-state index is 0.0729. The number of nitrogens with zero attached hydrogens (tertiary/aromatic N) is 2. The van der Waals surface area contributed by atoms with Gasteiger partial charge in [-0.3, -0.25) is 4.79 Å². The molecule has 6 heteroatoms. The molecule has 0 fully saturated rings. The van der Waals surface area contributed by atoms with Crippen molar-refractivity contribution in [3.63, 3.8) is 0 Å². The van der Waals surface area contributed by atoms with E-state index >= 15 is 0 Å². The van der Waals surface area contributed by atoms with E-state index in [2.05, 4.69) is 14.7 Å². The highest BCUT2D eigenvalue weighted by Crippen LogP contribution is 2.29. The Kier molecular flexibility index (Phi) is 3.71. The molecule has 2 aromatic rings. The van der Waals surface area contributed by atoms with Gasteiger partial charge in [0.25, 0.3) is 0 Å². The fourth-order valence-electron chi connectivity index (χ4n) is 1.27. The van der Waals surface area contributed by atoms with E-state index in [4.69, 9.17) is 11.6 Å². The van der Waals surface area contributed by atoms with Crippen LogP contribution < -0.4 is 0 Å². The minimum atomic E-state index is -0.355. The maximum Gasteiger partial charge on any atom is 0.313 e. The van der Waals surface area contributed by atoms with Crippen molar-refractivity contribution < 1.29 is 9.53 Å². The van der Waals surface area contributed by atoms with Crippen LogP contribution in [-0.4, -0.2) is 23.0 Å². The first-order valence-corrected chi connectivity index (χ1v) is 6.03. The first-order valence-electron chi connectivity index (χ1n) is 4.83. The van der Waals surface area contributed by atoms with Crippen molar-refractivity contribution in [3.05, 3.63) is 34.6 Å². The fourth-order valence-corrected chi connectivity index (χ4v) is 2.29. The van der Waals surface area contributed by atoms with E-state index in [0.29, 0.717) is 10.2 Å². The van der Waals surface area contributed by atoms with Crippen molar-refractivity contribution in [1.82, 2.24) is 9.97 Å². The average Bonchev–Trinajstić information content (AvgIpc) is 2.76. The number of halogens is 1. The first kappa shape index (κ1) is 12.0. The predicted octanol–water partition coefficient (Wildman–Crippen LogP) is 2.57. The molecule has 0 saturated heterocycles. The van der Waals surface area contributed by atoms with Gasteiger partial charge in [0, 0.05) is 6.20 Å². The van der Waals surface area contributed by atoms with Crippen LogP contribution in [0.25, 0.3) is 10.6 Å². The second-order valence-corrected chi connectivity index (χ2v) is 4.93. The van der Waals surface area contributed by atoms with Gasteiger partial charge in [-0.1, -0.05) is 11.6 Å². The molecular weight excluding hydrogens is 260 g/mol. The van der Waals surface area contributed by atoms with Gasteiger partial charge in [-0.2, -0.15) is 0 Å². The van der Waals surface area contributed by atoms with E-state index in [1.807, 2.05) is 12.1 Å². The third-order valence-corrected chi connectivity index (χ3v) is 3.31. The average molecular weight is 269 g/mol. The van der Waals surface area contributed by atoms with Gasteiger partial charge in [-0.15, -0.1) is 11.3 Å². The summed E-state index contributed by atoms with van der Waals surface area (Å²) in [6.07, 6.45) is 1.69. The molecule has 0 spiro atoms. The lowest BCUT2D eigenvalue weighted by molar-refractivity contribution is -0.139. The van der Waals surface area contributed by atoms with Gasteiger partial charge >= 0.3 is 5.97 Å². The number of methoxy groups -OCH3 is 1. The SMILES string of the molecule is COC(=O)Cc1nccc(-c2ccc(Cl)s2)n1. The normalized spacial score (nSPS) is 10.2. The highest BCUT2D eigenvalue weighted by atomic mass is 35.5. The first-order chi connectivity index (χ1) is 8.19. The number of thiophene rings is 1. The topological polar surface area (TPSA) is 52.1 Å². The Morgan fingerprint density at radius 1 is 1.47 bits per heavy atom. The van der Waals surface area contributed by atoms with E-state index in [1.165, 1.54) is 18.4 Å². The zero-order valence-electron chi connectivity index (χ0n) is 9.01. The van der Waals surface area contributed by atoms with Crippen molar-refractivity contribution in [1.29, 1.82) is 0 Å². The van der Waals surface area contributed by atoms with Gasteiger partial charge in [-0.05, 0) is 18.2 Å². The lowest BCUT2D eigenvalue weighted by Gasteiger charge is -2.00. The lowest BCUT2D eigenvalue weighted by atomic mass is 10.3. The van der Waals surface area contributed by atoms with Gasteiger partial charge in [0.2, 0.25) is 0 Å². The second-order valence-electron chi connectivity index (χ2n) is 3.21. The van der Waals surface area contributed by atoms with Crippen LogP contribution in [0.4, 0.5) is 0 Å². The Hall–Kier alpha value is -1.46. The van der Waals surface area contributed by atoms with E-state index in [9.17, 15) is 4.79 Å². The summed E-state index contributed by atoms with van der Waals surface area (Å²) in [7, 11) is 1.34. The molecular formula is C11H9ClN2O2S. The Bertz CT molecular complexity index is 542. The zero-order valence-corrected chi connectivity index (χ0v) is 10.6. The van der Waals surface area contributed by atoms with E-state index < -0.39 is 0 Å². The van der Waals surface area contributed by atoms with Gasteiger partial charge in [-0.25, -0.2) is 9.97 Å². The Morgan fingerprint density at radius 2 is 2.29 bits per heavy atom. The monoisotopic (exact) mass is 268 g/mol. The molecule has 2 rings (SSSR count). The Balaban J connectivity index is 2.25. The van der Waals surface area contributed by atoms with Crippen LogP contribution >= 0.6 is 22.9 Å². The third-order valence-electron chi connectivity index (χ3n) is 2.06. The van der Waals surface area contributed by atoms with Crippen molar-refractivity contribution >= 4 is 28.9 Å². The summed E-state index contributed by atoms with van der Waals surface area (Å²) in [6.45, 7) is 0. The lowest BCUT2D eigenvalue weighted by Crippen LogP contribution is -2.08. The van der Waals surface area contributed by atoms with Crippen LogP contribution in [0.5, 0.6) is 0 Å². The van der Waals surface area contributed by atoms with Crippen molar-refractivity contribution in [2.45, 2.75) is 6.42 Å². The molecule has 0 saturated carbocycles. The quantitative estimate of drug-likeness (QED) is 0.803. The number of rotatable bonds is 3. The summed E-state index contributed by atoms with van der Waals surface area (Å²) in [5.41, 5.74) is 0.760. The molecule has 0 atom stereocenters. The smallest absolute Gasteiger partial charge is 0.313 e. The number of carbonyl (C=O) groups is 1. The third kappa shape index (κ3) is 3.01. The number of carbonyl (C=O) groups excluding carboxylic acids is 1. The summed E-state index contributed by atoms with van der Waals surface area (Å²) in [5.74, 6) is 0.0882. The molecule has 2 aromatic heterocycles. The summed E-state index contributed by atoms with van der Waals surface area (Å²) in [5, 5.41) is 0. The number of ether oxygens (including phenoxy) is 1. The van der Waals surface area contributed by atoms with E-state index in [0.717, 1.165) is 10.6 Å². The van der Waals surface area contributed by atoms with Crippen LogP contribution in [-0.2, 0) is 16.0 Å². The highest BCUT2D eigenvalue weighted by Gasteiger charge is 2.08. The van der Waals surface area contributed by atoms with Crippen molar-refractivity contribution in [2.24, 2.45) is 0 Å².